The van der Waals surface area contributed by atoms with Crippen LogP contribution in [0, 0.1) is 10.8 Å². The Bertz CT molecular complexity index is 350. The van der Waals surface area contributed by atoms with E-state index >= 15 is 0 Å². The normalized spacial score (nSPS) is 37.2. The second-order valence-corrected chi connectivity index (χ2v) is 8.02. The molecule has 3 heteroatoms. The zero-order valence-corrected chi connectivity index (χ0v) is 12.4. The van der Waals surface area contributed by atoms with Crippen LogP contribution in [-0.4, -0.2) is 28.3 Å². The fraction of sp³-hybridized carbons (Fsp3) is 0.929. The van der Waals surface area contributed by atoms with Gasteiger partial charge < -0.3 is 0 Å². The molecule has 2 bridgehead atoms. The summed E-state index contributed by atoms with van der Waals surface area (Å²) >= 11 is 5.78. The number of nitrogens with zero attached hydrogens (tertiary/aromatic N) is 1. The summed E-state index contributed by atoms with van der Waals surface area (Å²) in [5, 5.41) is -0.230. The molecule has 0 aromatic carbocycles. The Morgan fingerprint density at radius 3 is 2.41 bits per heavy atom. The van der Waals surface area contributed by atoms with Gasteiger partial charge in [-0.25, -0.2) is 0 Å². The molecule has 0 amide bonds. The summed E-state index contributed by atoms with van der Waals surface area (Å²) in [4.78, 5) is 14.0. The lowest BCUT2D eigenvalue weighted by Gasteiger charge is -2.41. The SMILES string of the molecule is CC1(C)CC2CC(C)(CN2C(C)(C)C(=O)Cl)C1. The molecule has 17 heavy (non-hydrogen) atoms. The lowest BCUT2D eigenvalue weighted by molar-refractivity contribution is -0.122. The molecular formula is C14H24ClNO. The van der Waals surface area contributed by atoms with Crippen LogP contribution in [0.1, 0.15) is 53.9 Å². The van der Waals surface area contributed by atoms with Crippen LogP contribution < -0.4 is 0 Å². The van der Waals surface area contributed by atoms with Crippen LogP contribution in [0.3, 0.4) is 0 Å². The predicted molar refractivity (Wildman–Crippen MR) is 71.2 cm³/mol. The van der Waals surface area contributed by atoms with Crippen LogP contribution in [0.15, 0.2) is 0 Å². The van der Waals surface area contributed by atoms with Gasteiger partial charge in [0.2, 0.25) is 5.24 Å². The van der Waals surface area contributed by atoms with E-state index in [1.165, 1.54) is 19.3 Å². The first-order valence-electron chi connectivity index (χ1n) is 6.53. The zero-order chi connectivity index (χ0) is 13.1. The second-order valence-electron chi connectivity index (χ2n) is 7.67. The lowest BCUT2D eigenvalue weighted by Crippen LogP contribution is -2.51. The maximum absolute atomic E-state index is 11.6. The van der Waals surface area contributed by atoms with Crippen molar-refractivity contribution >= 4 is 16.8 Å². The summed E-state index contributed by atoms with van der Waals surface area (Å²) < 4.78 is 0. The molecule has 2 atom stereocenters. The van der Waals surface area contributed by atoms with Crippen LogP contribution in [0.5, 0.6) is 0 Å². The Labute approximate surface area is 110 Å². The number of likely N-dealkylation sites (tertiary alicyclic amines) is 1. The average Bonchev–Trinajstić information content (AvgIpc) is 2.34. The third kappa shape index (κ3) is 2.26. The first kappa shape index (κ1) is 13.4. The Hall–Kier alpha value is -0.0800. The van der Waals surface area contributed by atoms with Crippen LogP contribution in [0.25, 0.3) is 0 Å². The third-order valence-corrected chi connectivity index (χ3v) is 5.08. The molecule has 2 aliphatic rings. The van der Waals surface area contributed by atoms with E-state index in [1.54, 1.807) is 0 Å². The minimum absolute atomic E-state index is 0.230. The standard InChI is InChI=1S/C14H24ClNO/c1-12(2)6-10-7-14(5,8-12)9-16(10)13(3,4)11(15)17/h10H,6-9H2,1-5H3. The minimum atomic E-state index is -0.523. The molecule has 0 aromatic rings. The van der Waals surface area contributed by atoms with Crippen molar-refractivity contribution in [3.63, 3.8) is 0 Å². The molecule has 98 valence electrons. The van der Waals surface area contributed by atoms with E-state index in [9.17, 15) is 4.79 Å². The van der Waals surface area contributed by atoms with E-state index in [0.29, 0.717) is 16.9 Å². The monoisotopic (exact) mass is 257 g/mol. The molecule has 1 heterocycles. The number of halogens is 1. The van der Waals surface area contributed by atoms with Crippen LogP contribution >= 0.6 is 11.6 Å². The van der Waals surface area contributed by atoms with Crippen molar-refractivity contribution in [2.75, 3.05) is 6.54 Å². The van der Waals surface area contributed by atoms with Gasteiger partial charge in [0.15, 0.2) is 0 Å². The zero-order valence-electron chi connectivity index (χ0n) is 11.6. The quantitative estimate of drug-likeness (QED) is 0.707. The Morgan fingerprint density at radius 2 is 1.88 bits per heavy atom. The van der Waals surface area contributed by atoms with Crippen molar-refractivity contribution in [3.05, 3.63) is 0 Å². The van der Waals surface area contributed by atoms with Gasteiger partial charge >= 0.3 is 0 Å². The van der Waals surface area contributed by atoms with E-state index in [0.717, 1.165) is 6.54 Å². The predicted octanol–water partition coefficient (Wildman–Crippen LogP) is 3.43. The Kier molecular flexibility index (Phi) is 2.91. The Balaban J connectivity index is 2.28. The van der Waals surface area contributed by atoms with Crippen LogP contribution in [0.2, 0.25) is 0 Å². The fourth-order valence-electron chi connectivity index (χ4n) is 4.23. The van der Waals surface area contributed by atoms with Gasteiger partial charge in [-0.15, -0.1) is 0 Å². The van der Waals surface area contributed by atoms with Crippen LogP contribution in [-0.2, 0) is 4.79 Å². The Morgan fingerprint density at radius 1 is 1.29 bits per heavy atom. The van der Waals surface area contributed by atoms with Crippen molar-refractivity contribution in [3.8, 4) is 0 Å². The number of rotatable bonds is 2. The van der Waals surface area contributed by atoms with E-state index < -0.39 is 5.54 Å². The molecule has 0 aromatic heterocycles. The number of hydrogen-bond donors (Lipinski definition) is 0. The maximum atomic E-state index is 11.6. The van der Waals surface area contributed by atoms with Gasteiger partial charge in [-0.2, -0.15) is 0 Å². The average molecular weight is 258 g/mol. The van der Waals surface area contributed by atoms with E-state index in [1.807, 2.05) is 13.8 Å². The number of carbonyl (C=O) groups is 1. The van der Waals surface area contributed by atoms with Gasteiger partial charge in [0, 0.05) is 12.6 Å². The van der Waals surface area contributed by atoms with Gasteiger partial charge in [-0.05, 0) is 55.5 Å². The van der Waals surface area contributed by atoms with Gasteiger partial charge in [-0.1, -0.05) is 20.8 Å². The molecule has 0 radical (unpaired) electrons. The summed E-state index contributed by atoms with van der Waals surface area (Å²) in [6.07, 6.45) is 3.64. The molecule has 1 saturated heterocycles. The number of carbonyl (C=O) groups excluding carboxylic acids is 1. The minimum Gasteiger partial charge on any atom is -0.287 e. The van der Waals surface area contributed by atoms with Crippen LogP contribution in [0.4, 0.5) is 0 Å². The van der Waals surface area contributed by atoms with Crippen molar-refractivity contribution in [1.82, 2.24) is 4.90 Å². The van der Waals surface area contributed by atoms with E-state index in [4.69, 9.17) is 11.6 Å². The topological polar surface area (TPSA) is 20.3 Å². The molecule has 1 saturated carbocycles. The van der Waals surface area contributed by atoms with Gasteiger partial charge in [0.1, 0.15) is 0 Å². The van der Waals surface area contributed by atoms with Crippen molar-refractivity contribution in [1.29, 1.82) is 0 Å². The highest BCUT2D eigenvalue weighted by molar-refractivity contribution is 6.65. The third-order valence-electron chi connectivity index (χ3n) is 4.61. The molecule has 2 nitrogen and oxygen atoms in total. The molecule has 1 aliphatic heterocycles. The van der Waals surface area contributed by atoms with E-state index in [-0.39, 0.29) is 5.24 Å². The maximum Gasteiger partial charge on any atom is 0.241 e. The van der Waals surface area contributed by atoms with Crippen molar-refractivity contribution in [2.45, 2.75) is 65.5 Å². The highest BCUT2D eigenvalue weighted by Gasteiger charge is 2.54. The summed E-state index contributed by atoms with van der Waals surface area (Å²) in [5.41, 5.74) is 0.221. The smallest absolute Gasteiger partial charge is 0.241 e. The van der Waals surface area contributed by atoms with Gasteiger partial charge in [0.05, 0.1) is 5.54 Å². The van der Waals surface area contributed by atoms with Crippen molar-refractivity contribution < 1.29 is 4.79 Å². The highest BCUT2D eigenvalue weighted by atomic mass is 35.5. The summed E-state index contributed by atoms with van der Waals surface area (Å²) in [6, 6.07) is 0.515. The summed E-state index contributed by atoms with van der Waals surface area (Å²) in [6.45, 7) is 12.0. The first-order chi connectivity index (χ1) is 7.56. The van der Waals surface area contributed by atoms with Gasteiger partial charge in [0.25, 0.3) is 0 Å². The molecular weight excluding hydrogens is 234 g/mol. The number of fused-ring (bicyclic) bond motifs is 2. The van der Waals surface area contributed by atoms with Gasteiger partial charge in [-0.3, -0.25) is 9.69 Å². The molecule has 0 spiro atoms. The van der Waals surface area contributed by atoms with Crippen molar-refractivity contribution in [2.24, 2.45) is 10.8 Å². The molecule has 2 rings (SSSR count). The molecule has 2 unspecified atom stereocenters. The largest absolute Gasteiger partial charge is 0.287 e. The highest BCUT2D eigenvalue weighted by Crippen LogP contribution is 2.54. The molecule has 0 N–H and O–H groups in total. The van der Waals surface area contributed by atoms with E-state index in [2.05, 4.69) is 25.7 Å². The number of hydrogen-bond acceptors (Lipinski definition) is 2. The summed E-state index contributed by atoms with van der Waals surface area (Å²) in [7, 11) is 0. The lowest BCUT2D eigenvalue weighted by atomic mass is 9.65. The first-order valence-corrected chi connectivity index (χ1v) is 6.90. The molecule has 1 aliphatic carbocycles. The molecule has 2 fully saturated rings. The fourth-order valence-corrected chi connectivity index (χ4v) is 4.34. The summed E-state index contributed by atoms with van der Waals surface area (Å²) in [5.74, 6) is 0. The second kappa shape index (κ2) is 3.71.